The van der Waals surface area contributed by atoms with Gasteiger partial charge >= 0.3 is 0 Å². The van der Waals surface area contributed by atoms with Crippen LogP contribution in [-0.2, 0) is 0 Å². The van der Waals surface area contributed by atoms with Crippen molar-refractivity contribution in [3.63, 3.8) is 0 Å². The lowest BCUT2D eigenvalue weighted by molar-refractivity contribution is 0.0999. The van der Waals surface area contributed by atoms with Crippen LogP contribution >= 0.6 is 0 Å². The second-order valence-corrected chi connectivity index (χ2v) is 4.46. The molecule has 0 fully saturated rings. The van der Waals surface area contributed by atoms with E-state index in [9.17, 15) is 4.79 Å². The second-order valence-electron chi connectivity index (χ2n) is 4.46. The third kappa shape index (κ3) is 3.24. The number of ketones is 1. The summed E-state index contributed by atoms with van der Waals surface area (Å²) in [5, 5.41) is 8.76. The zero-order chi connectivity index (χ0) is 14.4. The molecule has 0 aliphatic carbocycles. The maximum Gasteiger partial charge on any atom is 0.182 e. The molecule has 0 aliphatic rings. The summed E-state index contributed by atoms with van der Waals surface area (Å²) in [4.78, 5) is 14.3. The second kappa shape index (κ2) is 6.53. The molecule has 0 bridgehead atoms. The number of para-hydroxylation sites is 1. The highest BCUT2D eigenvalue weighted by Gasteiger charge is 2.11. The van der Waals surface area contributed by atoms with Gasteiger partial charge in [0.15, 0.2) is 5.78 Å². The fraction of sp³-hybridized carbons (Fsp3) is 0.176. The monoisotopic (exact) mass is 264 g/mol. The summed E-state index contributed by atoms with van der Waals surface area (Å²) in [5.74, 6) is 0.0557. The van der Waals surface area contributed by atoms with Crippen molar-refractivity contribution in [2.45, 2.75) is 6.92 Å². The van der Waals surface area contributed by atoms with E-state index >= 15 is 0 Å². The number of carbonyl (C=O) groups is 1. The molecule has 0 amide bonds. The van der Waals surface area contributed by atoms with Gasteiger partial charge < -0.3 is 4.90 Å². The molecule has 100 valence electrons. The molecule has 20 heavy (non-hydrogen) atoms. The SMILES string of the molecule is CCN(CC(=O)c1ccc(C#N)cc1)c1ccccc1. The van der Waals surface area contributed by atoms with Crippen molar-refractivity contribution in [1.82, 2.24) is 0 Å². The molecular weight excluding hydrogens is 248 g/mol. The molecule has 0 radical (unpaired) electrons. The number of hydrogen-bond donors (Lipinski definition) is 0. The minimum Gasteiger partial charge on any atom is -0.364 e. The zero-order valence-corrected chi connectivity index (χ0v) is 11.4. The van der Waals surface area contributed by atoms with E-state index in [0.29, 0.717) is 17.7 Å². The van der Waals surface area contributed by atoms with Gasteiger partial charge in [0.2, 0.25) is 0 Å². The molecule has 0 N–H and O–H groups in total. The van der Waals surface area contributed by atoms with Crippen molar-refractivity contribution in [3.8, 4) is 6.07 Å². The number of Topliss-reactive ketones (excluding diaryl/α,β-unsaturated/α-hetero) is 1. The van der Waals surface area contributed by atoms with Gasteiger partial charge in [-0.1, -0.05) is 30.3 Å². The lowest BCUT2D eigenvalue weighted by Gasteiger charge is -2.22. The molecule has 3 nitrogen and oxygen atoms in total. The fourth-order valence-electron chi connectivity index (χ4n) is 2.02. The molecule has 0 aliphatic heterocycles. The van der Waals surface area contributed by atoms with Crippen LogP contribution in [0.3, 0.4) is 0 Å². The Bertz CT molecular complexity index is 612. The first-order valence-corrected chi connectivity index (χ1v) is 6.58. The first kappa shape index (κ1) is 13.8. The standard InChI is InChI=1S/C17H16N2O/c1-2-19(16-6-4-3-5-7-16)13-17(20)15-10-8-14(12-18)9-11-15/h3-11H,2,13H2,1H3. The van der Waals surface area contributed by atoms with Crippen LogP contribution in [0, 0.1) is 11.3 Å². The number of rotatable bonds is 5. The molecule has 0 saturated carbocycles. The predicted molar refractivity (Wildman–Crippen MR) is 79.8 cm³/mol. The highest BCUT2D eigenvalue weighted by atomic mass is 16.1. The summed E-state index contributed by atoms with van der Waals surface area (Å²) in [5.41, 5.74) is 2.24. The van der Waals surface area contributed by atoms with Crippen molar-refractivity contribution in [2.75, 3.05) is 18.0 Å². The van der Waals surface area contributed by atoms with Gasteiger partial charge in [-0.05, 0) is 31.2 Å². The van der Waals surface area contributed by atoms with Crippen LogP contribution in [0.1, 0.15) is 22.8 Å². The van der Waals surface area contributed by atoms with Crippen LogP contribution in [0.25, 0.3) is 0 Å². The Kier molecular flexibility index (Phi) is 4.52. The van der Waals surface area contributed by atoms with E-state index in [1.54, 1.807) is 24.3 Å². The van der Waals surface area contributed by atoms with E-state index in [1.807, 2.05) is 48.2 Å². The average molecular weight is 264 g/mol. The molecule has 0 spiro atoms. The van der Waals surface area contributed by atoms with Crippen LogP contribution in [0.2, 0.25) is 0 Å². The molecule has 0 heterocycles. The summed E-state index contributed by atoms with van der Waals surface area (Å²) in [6.07, 6.45) is 0. The summed E-state index contributed by atoms with van der Waals surface area (Å²) in [6, 6.07) is 18.7. The molecule has 0 unspecified atom stereocenters. The van der Waals surface area contributed by atoms with Gasteiger partial charge in [-0.3, -0.25) is 4.79 Å². The summed E-state index contributed by atoms with van der Waals surface area (Å²) in [7, 11) is 0. The van der Waals surface area contributed by atoms with Crippen LogP contribution in [-0.4, -0.2) is 18.9 Å². The molecule has 2 rings (SSSR count). The molecule has 2 aromatic carbocycles. The Balaban J connectivity index is 2.11. The van der Waals surface area contributed by atoms with Crippen molar-refractivity contribution >= 4 is 11.5 Å². The van der Waals surface area contributed by atoms with Gasteiger partial charge in [0.1, 0.15) is 0 Å². The quantitative estimate of drug-likeness (QED) is 0.778. The molecule has 0 aromatic heterocycles. The van der Waals surface area contributed by atoms with Gasteiger partial charge in [-0.25, -0.2) is 0 Å². The Morgan fingerprint density at radius 2 is 1.75 bits per heavy atom. The summed E-state index contributed by atoms with van der Waals surface area (Å²) in [6.45, 7) is 3.14. The Labute approximate surface area is 119 Å². The van der Waals surface area contributed by atoms with E-state index in [2.05, 4.69) is 0 Å². The van der Waals surface area contributed by atoms with Crippen molar-refractivity contribution < 1.29 is 4.79 Å². The number of nitrogens with zero attached hydrogens (tertiary/aromatic N) is 2. The van der Waals surface area contributed by atoms with Crippen molar-refractivity contribution in [1.29, 1.82) is 5.26 Å². The third-order valence-electron chi connectivity index (χ3n) is 3.17. The maximum absolute atomic E-state index is 12.3. The van der Waals surface area contributed by atoms with Gasteiger partial charge in [0, 0.05) is 17.8 Å². The van der Waals surface area contributed by atoms with Crippen molar-refractivity contribution in [3.05, 3.63) is 65.7 Å². The van der Waals surface area contributed by atoms with Crippen LogP contribution in [0.5, 0.6) is 0 Å². The van der Waals surface area contributed by atoms with Gasteiger partial charge in [-0.2, -0.15) is 5.26 Å². The number of nitriles is 1. The Hall–Kier alpha value is -2.60. The van der Waals surface area contributed by atoms with E-state index in [-0.39, 0.29) is 5.78 Å². The van der Waals surface area contributed by atoms with Crippen LogP contribution in [0.15, 0.2) is 54.6 Å². The maximum atomic E-state index is 12.3. The first-order valence-electron chi connectivity index (χ1n) is 6.58. The first-order chi connectivity index (χ1) is 9.74. The minimum atomic E-state index is 0.0557. The van der Waals surface area contributed by atoms with E-state index in [0.717, 1.165) is 12.2 Å². The number of carbonyl (C=O) groups excluding carboxylic acids is 1. The topological polar surface area (TPSA) is 44.1 Å². The fourth-order valence-corrected chi connectivity index (χ4v) is 2.02. The van der Waals surface area contributed by atoms with E-state index in [4.69, 9.17) is 5.26 Å². The largest absolute Gasteiger partial charge is 0.364 e. The highest BCUT2D eigenvalue weighted by Crippen LogP contribution is 2.14. The molecular formula is C17H16N2O. The number of benzene rings is 2. The Morgan fingerprint density at radius 1 is 1.10 bits per heavy atom. The van der Waals surface area contributed by atoms with E-state index < -0.39 is 0 Å². The highest BCUT2D eigenvalue weighted by molar-refractivity contribution is 5.99. The van der Waals surface area contributed by atoms with Gasteiger partial charge in [0.05, 0.1) is 18.2 Å². The van der Waals surface area contributed by atoms with Crippen LogP contribution in [0.4, 0.5) is 5.69 Å². The smallest absolute Gasteiger partial charge is 0.182 e. The third-order valence-corrected chi connectivity index (χ3v) is 3.17. The average Bonchev–Trinajstić information content (AvgIpc) is 2.53. The summed E-state index contributed by atoms with van der Waals surface area (Å²) >= 11 is 0. The molecule has 0 atom stereocenters. The molecule has 3 heteroatoms. The zero-order valence-electron chi connectivity index (χ0n) is 11.4. The number of anilines is 1. The summed E-state index contributed by atoms with van der Waals surface area (Å²) < 4.78 is 0. The normalized spacial score (nSPS) is 9.80. The minimum absolute atomic E-state index is 0.0557. The molecule has 0 saturated heterocycles. The predicted octanol–water partition coefficient (Wildman–Crippen LogP) is 3.27. The Morgan fingerprint density at radius 3 is 2.30 bits per heavy atom. The van der Waals surface area contributed by atoms with Gasteiger partial charge in [0.25, 0.3) is 0 Å². The van der Waals surface area contributed by atoms with Gasteiger partial charge in [-0.15, -0.1) is 0 Å². The van der Waals surface area contributed by atoms with Crippen LogP contribution < -0.4 is 4.90 Å². The number of likely N-dealkylation sites (N-methyl/N-ethyl adjacent to an activating group) is 1. The lowest BCUT2D eigenvalue weighted by atomic mass is 10.1. The number of hydrogen-bond acceptors (Lipinski definition) is 3. The van der Waals surface area contributed by atoms with Crippen molar-refractivity contribution in [2.24, 2.45) is 0 Å². The molecule has 2 aromatic rings. The lowest BCUT2D eigenvalue weighted by Crippen LogP contribution is -2.29. The van der Waals surface area contributed by atoms with E-state index in [1.165, 1.54) is 0 Å².